The Balaban J connectivity index is 1.59. The molecular weight excluding hydrogens is 288 g/mol. The maximum Gasteiger partial charge on any atom is 0.219 e. The number of hydrogen-bond acceptors (Lipinski definition) is 4. The molecule has 0 radical (unpaired) electrons. The highest BCUT2D eigenvalue weighted by atomic mass is 16.5. The molecule has 0 spiro atoms. The van der Waals surface area contributed by atoms with Crippen molar-refractivity contribution >= 4 is 22.9 Å². The van der Waals surface area contributed by atoms with Gasteiger partial charge < -0.3 is 14.1 Å². The van der Waals surface area contributed by atoms with Gasteiger partial charge in [-0.15, -0.1) is 0 Å². The summed E-state index contributed by atoms with van der Waals surface area (Å²) in [4.78, 5) is 6.55. The number of aromatic nitrogens is 1. The maximum atomic E-state index is 5.89. The molecule has 4 nitrogen and oxygen atoms in total. The normalized spacial score (nSPS) is 15.5. The second-order valence-electron chi connectivity index (χ2n) is 5.20. The molecule has 23 heavy (non-hydrogen) atoms. The highest BCUT2D eigenvalue weighted by molar-refractivity contribution is 5.73. The zero-order chi connectivity index (χ0) is 15.6. The van der Waals surface area contributed by atoms with E-state index < -0.39 is 0 Å². The second-order valence-corrected chi connectivity index (χ2v) is 5.20. The quantitative estimate of drug-likeness (QED) is 0.708. The lowest BCUT2D eigenvalue weighted by Gasteiger charge is -2.14. The Bertz CT molecular complexity index is 875. The van der Waals surface area contributed by atoms with Crippen LogP contribution >= 0.6 is 0 Å². The zero-order valence-corrected chi connectivity index (χ0v) is 12.8. The largest absolute Gasteiger partial charge is 0.439 e. The molecule has 114 valence electrons. The number of hydrogen-bond donors (Lipinski definition) is 0. The van der Waals surface area contributed by atoms with E-state index in [1.165, 1.54) is 0 Å². The molecule has 3 aromatic rings. The summed E-state index contributed by atoms with van der Waals surface area (Å²) in [5.41, 5.74) is 2.75. The highest BCUT2D eigenvalue weighted by Crippen LogP contribution is 2.38. The predicted octanol–water partition coefficient (Wildman–Crippen LogP) is 4.60. The standard InChI is InChI=1S/C19H16N2O2/c1-2-21-15-9-4-6-11-17(15)23-19(21)13-7-12-18-20-14-8-3-5-10-16(14)22-18/h3-13H,2H2,1H3/b12-7+,19-13+. The van der Waals surface area contributed by atoms with Crippen LogP contribution in [0.15, 0.2) is 71.0 Å². The monoisotopic (exact) mass is 304 g/mol. The van der Waals surface area contributed by atoms with Crippen LogP contribution in [0.4, 0.5) is 5.69 Å². The van der Waals surface area contributed by atoms with E-state index in [4.69, 9.17) is 9.15 Å². The van der Waals surface area contributed by atoms with Crippen molar-refractivity contribution in [2.24, 2.45) is 0 Å². The van der Waals surface area contributed by atoms with E-state index in [1.54, 1.807) is 0 Å². The van der Waals surface area contributed by atoms with E-state index in [0.29, 0.717) is 5.89 Å². The number of rotatable bonds is 3. The number of anilines is 1. The van der Waals surface area contributed by atoms with Crippen LogP contribution in [-0.2, 0) is 0 Å². The Hall–Kier alpha value is -3.01. The fourth-order valence-corrected chi connectivity index (χ4v) is 2.68. The summed E-state index contributed by atoms with van der Waals surface area (Å²) in [6.07, 6.45) is 5.67. The van der Waals surface area contributed by atoms with Gasteiger partial charge in [-0.05, 0) is 37.3 Å². The van der Waals surface area contributed by atoms with Crippen LogP contribution in [0.3, 0.4) is 0 Å². The van der Waals surface area contributed by atoms with Crippen molar-refractivity contribution in [3.63, 3.8) is 0 Å². The third-order valence-corrected chi connectivity index (χ3v) is 3.74. The molecule has 0 amide bonds. The lowest BCUT2D eigenvalue weighted by Crippen LogP contribution is -2.18. The number of nitrogens with zero attached hydrogens (tertiary/aromatic N) is 2. The molecule has 1 aliphatic heterocycles. The van der Waals surface area contributed by atoms with Crippen molar-refractivity contribution in [2.45, 2.75) is 6.92 Å². The SMILES string of the molecule is CCN1/C(=C\C=C\c2nc3ccccc3o2)Oc2ccccc21. The summed E-state index contributed by atoms with van der Waals surface area (Å²) in [6.45, 7) is 2.95. The molecule has 0 saturated heterocycles. The molecule has 4 heteroatoms. The molecule has 4 rings (SSSR count). The van der Waals surface area contributed by atoms with Crippen molar-refractivity contribution in [2.75, 3.05) is 11.4 Å². The number of ether oxygens (including phenoxy) is 1. The van der Waals surface area contributed by atoms with Gasteiger partial charge in [0.1, 0.15) is 5.52 Å². The van der Waals surface area contributed by atoms with Crippen LogP contribution in [0.1, 0.15) is 12.8 Å². The number of benzene rings is 2. The van der Waals surface area contributed by atoms with E-state index in [0.717, 1.165) is 35.0 Å². The van der Waals surface area contributed by atoms with Gasteiger partial charge in [-0.2, -0.15) is 0 Å². The minimum Gasteiger partial charge on any atom is -0.439 e. The molecule has 2 heterocycles. The molecule has 0 N–H and O–H groups in total. The topological polar surface area (TPSA) is 38.5 Å². The first-order valence-corrected chi connectivity index (χ1v) is 7.63. The van der Waals surface area contributed by atoms with Crippen molar-refractivity contribution in [3.8, 4) is 5.75 Å². The number of allylic oxidation sites excluding steroid dienone is 2. The Morgan fingerprint density at radius 2 is 1.91 bits per heavy atom. The van der Waals surface area contributed by atoms with Crippen molar-refractivity contribution < 1.29 is 9.15 Å². The molecule has 0 aliphatic carbocycles. The zero-order valence-electron chi connectivity index (χ0n) is 12.8. The van der Waals surface area contributed by atoms with Crippen LogP contribution in [0, 0.1) is 0 Å². The minimum atomic E-state index is 0.585. The molecular formula is C19H16N2O2. The molecule has 1 aliphatic rings. The predicted molar refractivity (Wildman–Crippen MR) is 91.2 cm³/mol. The highest BCUT2D eigenvalue weighted by Gasteiger charge is 2.23. The van der Waals surface area contributed by atoms with Gasteiger partial charge in [0.05, 0.1) is 5.69 Å². The van der Waals surface area contributed by atoms with Gasteiger partial charge in [-0.25, -0.2) is 4.98 Å². The molecule has 0 fully saturated rings. The summed E-state index contributed by atoms with van der Waals surface area (Å²) in [5, 5.41) is 0. The molecule has 0 atom stereocenters. The summed E-state index contributed by atoms with van der Waals surface area (Å²) in [5.74, 6) is 2.28. The van der Waals surface area contributed by atoms with E-state index in [9.17, 15) is 0 Å². The first-order valence-electron chi connectivity index (χ1n) is 7.63. The third kappa shape index (κ3) is 2.48. The van der Waals surface area contributed by atoms with E-state index in [1.807, 2.05) is 60.7 Å². The average molecular weight is 304 g/mol. The van der Waals surface area contributed by atoms with Gasteiger partial charge >= 0.3 is 0 Å². The summed E-state index contributed by atoms with van der Waals surface area (Å²) < 4.78 is 11.6. The van der Waals surface area contributed by atoms with Gasteiger partial charge in [-0.1, -0.05) is 30.3 Å². The van der Waals surface area contributed by atoms with Gasteiger partial charge in [0, 0.05) is 12.6 Å². The number of oxazole rings is 1. The maximum absolute atomic E-state index is 5.89. The smallest absolute Gasteiger partial charge is 0.219 e. The van der Waals surface area contributed by atoms with Gasteiger partial charge in [-0.3, -0.25) is 0 Å². The summed E-state index contributed by atoms with van der Waals surface area (Å²) in [7, 11) is 0. The first kappa shape index (κ1) is 13.6. The summed E-state index contributed by atoms with van der Waals surface area (Å²) in [6, 6.07) is 15.8. The van der Waals surface area contributed by atoms with E-state index in [-0.39, 0.29) is 0 Å². The first-order chi connectivity index (χ1) is 11.3. The fourth-order valence-electron chi connectivity index (χ4n) is 2.68. The lowest BCUT2D eigenvalue weighted by atomic mass is 10.3. The van der Waals surface area contributed by atoms with Gasteiger partial charge in [0.25, 0.3) is 0 Å². The number of fused-ring (bicyclic) bond motifs is 2. The Kier molecular flexibility index (Phi) is 3.35. The van der Waals surface area contributed by atoms with E-state index >= 15 is 0 Å². The van der Waals surface area contributed by atoms with Crippen molar-refractivity contribution in [3.05, 3.63) is 72.5 Å². The molecule has 2 aromatic carbocycles. The lowest BCUT2D eigenvalue weighted by molar-refractivity contribution is 0.440. The molecule has 0 unspecified atom stereocenters. The van der Waals surface area contributed by atoms with E-state index in [2.05, 4.69) is 22.9 Å². The van der Waals surface area contributed by atoms with Crippen LogP contribution in [-0.4, -0.2) is 11.5 Å². The van der Waals surface area contributed by atoms with Crippen molar-refractivity contribution in [1.82, 2.24) is 4.98 Å². The summed E-state index contributed by atoms with van der Waals surface area (Å²) >= 11 is 0. The molecule has 0 saturated carbocycles. The minimum absolute atomic E-state index is 0.585. The van der Waals surface area contributed by atoms with Crippen LogP contribution in [0.25, 0.3) is 17.2 Å². The third-order valence-electron chi connectivity index (χ3n) is 3.74. The average Bonchev–Trinajstić information content (AvgIpc) is 3.14. The Morgan fingerprint density at radius 3 is 2.78 bits per heavy atom. The van der Waals surface area contributed by atoms with Gasteiger partial charge in [0.2, 0.25) is 11.8 Å². The van der Waals surface area contributed by atoms with Crippen LogP contribution in [0.2, 0.25) is 0 Å². The number of para-hydroxylation sites is 4. The van der Waals surface area contributed by atoms with Crippen molar-refractivity contribution in [1.29, 1.82) is 0 Å². The fraction of sp³-hybridized carbons (Fsp3) is 0.105. The molecule has 0 bridgehead atoms. The second kappa shape index (κ2) is 5.65. The van der Waals surface area contributed by atoms with Gasteiger partial charge in [0.15, 0.2) is 11.3 Å². The van der Waals surface area contributed by atoms with Crippen LogP contribution in [0.5, 0.6) is 5.75 Å². The Labute approximate surface area is 134 Å². The molecule has 1 aromatic heterocycles. The Morgan fingerprint density at radius 1 is 1.09 bits per heavy atom. The van der Waals surface area contributed by atoms with Crippen LogP contribution < -0.4 is 9.64 Å².